The van der Waals surface area contributed by atoms with E-state index in [1.54, 1.807) is 20.8 Å². The van der Waals surface area contributed by atoms with Crippen LogP contribution < -0.4 is 5.73 Å². The molecule has 20 heavy (non-hydrogen) atoms. The first-order valence-corrected chi connectivity index (χ1v) is 5.75. The third-order valence-corrected chi connectivity index (χ3v) is 2.91. The van der Waals surface area contributed by atoms with Gasteiger partial charge in [0.1, 0.15) is 5.82 Å². The van der Waals surface area contributed by atoms with Crippen molar-refractivity contribution < 1.29 is 22.7 Å². The summed E-state index contributed by atoms with van der Waals surface area (Å²) in [6, 6.07) is 0.776. The van der Waals surface area contributed by atoms with Crippen LogP contribution in [-0.2, 0) is 6.18 Å². The fourth-order valence-corrected chi connectivity index (χ4v) is 1.78. The van der Waals surface area contributed by atoms with E-state index in [1.807, 2.05) is 0 Å². The zero-order valence-corrected chi connectivity index (χ0v) is 12.1. The molecule has 116 valence electrons. The van der Waals surface area contributed by atoms with Gasteiger partial charge in [-0.05, 0) is 29.2 Å². The Hall–Kier alpha value is -0.850. The van der Waals surface area contributed by atoms with Crippen molar-refractivity contribution in [2.24, 2.45) is 11.1 Å². The average Bonchev–Trinajstić information content (AvgIpc) is 2.24. The molecule has 7 heteroatoms. The molecule has 0 aliphatic heterocycles. The van der Waals surface area contributed by atoms with E-state index in [-0.39, 0.29) is 12.4 Å². The van der Waals surface area contributed by atoms with Crippen molar-refractivity contribution in [1.29, 1.82) is 0 Å². The van der Waals surface area contributed by atoms with Crippen molar-refractivity contribution in [2.75, 3.05) is 0 Å². The highest BCUT2D eigenvalue weighted by Gasteiger charge is 2.38. The summed E-state index contributed by atoms with van der Waals surface area (Å²) in [5, 5.41) is 9.97. The number of hydrogen-bond donors (Lipinski definition) is 2. The van der Waals surface area contributed by atoms with Gasteiger partial charge in [-0.1, -0.05) is 20.8 Å². The quantitative estimate of drug-likeness (QED) is 0.818. The highest BCUT2D eigenvalue weighted by molar-refractivity contribution is 5.85. The summed E-state index contributed by atoms with van der Waals surface area (Å²) < 4.78 is 51.7. The van der Waals surface area contributed by atoms with Crippen molar-refractivity contribution in [3.8, 4) is 0 Å². The zero-order valence-electron chi connectivity index (χ0n) is 11.3. The third-order valence-electron chi connectivity index (χ3n) is 2.91. The van der Waals surface area contributed by atoms with Crippen molar-refractivity contribution in [3.05, 3.63) is 35.1 Å². The highest BCUT2D eigenvalue weighted by Crippen LogP contribution is 2.37. The van der Waals surface area contributed by atoms with E-state index in [9.17, 15) is 22.7 Å². The Kier molecular flexibility index (Phi) is 6.02. The molecule has 0 bridgehead atoms. The smallest absolute Gasteiger partial charge is 0.391 e. The van der Waals surface area contributed by atoms with E-state index in [1.165, 1.54) is 0 Å². The Morgan fingerprint density at radius 1 is 1.15 bits per heavy atom. The Balaban J connectivity index is 0.00000361. The molecule has 1 aromatic carbocycles. The van der Waals surface area contributed by atoms with Crippen LogP contribution in [0, 0.1) is 11.2 Å². The summed E-state index contributed by atoms with van der Waals surface area (Å²) >= 11 is 0. The minimum Gasteiger partial charge on any atom is -0.391 e. The maximum atomic E-state index is 13.2. The van der Waals surface area contributed by atoms with Gasteiger partial charge >= 0.3 is 6.18 Å². The van der Waals surface area contributed by atoms with Crippen LogP contribution in [0.25, 0.3) is 0 Å². The molecule has 2 nitrogen and oxygen atoms in total. The Morgan fingerprint density at radius 3 is 2.05 bits per heavy atom. The molecule has 0 saturated heterocycles. The molecule has 0 aromatic heterocycles. The summed E-state index contributed by atoms with van der Waals surface area (Å²) in [6.45, 7) is 4.93. The second-order valence-corrected chi connectivity index (χ2v) is 5.57. The standard InChI is InChI=1S/C13H17F4NO.ClH/c1-12(2,3)11(19)10(18)8-6-7(14)4-5-9(8)13(15,16)17;/h4-6,10-11,19H,18H2,1-3H3;1H/t10-,11-;/m1./s1. The SMILES string of the molecule is CC(C)(C)[C@H](O)[C@H](N)c1cc(F)ccc1C(F)(F)F.Cl. The monoisotopic (exact) mass is 315 g/mol. The first kappa shape index (κ1) is 19.1. The molecule has 1 rings (SSSR count). The topological polar surface area (TPSA) is 46.2 Å². The first-order valence-electron chi connectivity index (χ1n) is 5.75. The lowest BCUT2D eigenvalue weighted by molar-refractivity contribution is -0.138. The molecule has 0 aliphatic rings. The summed E-state index contributed by atoms with van der Waals surface area (Å²) in [5.74, 6) is -0.820. The van der Waals surface area contributed by atoms with Crippen LogP contribution >= 0.6 is 12.4 Å². The average molecular weight is 316 g/mol. The molecule has 0 aliphatic carbocycles. The lowest BCUT2D eigenvalue weighted by Gasteiger charge is -2.32. The summed E-state index contributed by atoms with van der Waals surface area (Å²) in [7, 11) is 0. The van der Waals surface area contributed by atoms with Crippen LogP contribution in [0.5, 0.6) is 0 Å². The Labute approximate surface area is 121 Å². The van der Waals surface area contributed by atoms with E-state index in [4.69, 9.17) is 5.73 Å². The van der Waals surface area contributed by atoms with Gasteiger partial charge < -0.3 is 10.8 Å². The molecule has 0 radical (unpaired) electrons. The number of halogens is 5. The van der Waals surface area contributed by atoms with E-state index in [0.29, 0.717) is 6.07 Å². The summed E-state index contributed by atoms with van der Waals surface area (Å²) in [6.07, 6.45) is -5.87. The maximum Gasteiger partial charge on any atom is 0.416 e. The second kappa shape index (κ2) is 6.28. The van der Waals surface area contributed by atoms with Crippen LogP contribution in [0.15, 0.2) is 18.2 Å². The predicted octanol–water partition coefficient (Wildman–Crippen LogP) is 3.67. The van der Waals surface area contributed by atoms with E-state index in [0.717, 1.165) is 12.1 Å². The number of aliphatic hydroxyl groups excluding tert-OH is 1. The molecule has 0 heterocycles. The number of nitrogens with two attached hydrogens (primary N) is 1. The van der Waals surface area contributed by atoms with Gasteiger partial charge in [-0.2, -0.15) is 13.2 Å². The van der Waals surface area contributed by atoms with Crippen molar-refractivity contribution in [3.63, 3.8) is 0 Å². The molecule has 0 unspecified atom stereocenters. The Bertz CT molecular complexity index is 457. The molecule has 0 spiro atoms. The second-order valence-electron chi connectivity index (χ2n) is 5.57. The fraction of sp³-hybridized carbons (Fsp3) is 0.538. The minimum absolute atomic E-state index is 0. The van der Waals surface area contributed by atoms with E-state index < -0.39 is 40.7 Å². The van der Waals surface area contributed by atoms with Crippen LogP contribution in [0.4, 0.5) is 17.6 Å². The minimum atomic E-state index is -4.64. The molecular weight excluding hydrogens is 298 g/mol. The third kappa shape index (κ3) is 4.33. The van der Waals surface area contributed by atoms with Gasteiger partial charge in [-0.25, -0.2) is 4.39 Å². The largest absolute Gasteiger partial charge is 0.416 e. The van der Waals surface area contributed by atoms with Crippen LogP contribution in [-0.4, -0.2) is 11.2 Å². The molecule has 2 atom stereocenters. The van der Waals surface area contributed by atoms with Crippen molar-refractivity contribution in [1.82, 2.24) is 0 Å². The predicted molar refractivity (Wildman–Crippen MR) is 71.0 cm³/mol. The Morgan fingerprint density at radius 2 is 1.65 bits per heavy atom. The fourth-order valence-electron chi connectivity index (χ4n) is 1.78. The van der Waals surface area contributed by atoms with Crippen molar-refractivity contribution >= 4 is 12.4 Å². The highest BCUT2D eigenvalue weighted by atomic mass is 35.5. The van der Waals surface area contributed by atoms with Crippen LogP contribution in [0.1, 0.15) is 37.9 Å². The number of alkyl halides is 3. The van der Waals surface area contributed by atoms with Gasteiger partial charge in [-0.3, -0.25) is 0 Å². The lowest BCUT2D eigenvalue weighted by atomic mass is 9.81. The molecule has 1 aromatic rings. The summed E-state index contributed by atoms with van der Waals surface area (Å²) in [5.41, 5.74) is 3.50. The normalized spacial score (nSPS) is 15.4. The van der Waals surface area contributed by atoms with Crippen molar-refractivity contribution in [2.45, 2.75) is 39.1 Å². The van der Waals surface area contributed by atoms with Crippen LogP contribution in [0.2, 0.25) is 0 Å². The van der Waals surface area contributed by atoms with Gasteiger partial charge in [0, 0.05) is 0 Å². The van der Waals surface area contributed by atoms with Gasteiger partial charge in [0.25, 0.3) is 0 Å². The number of rotatable bonds is 2. The summed E-state index contributed by atoms with van der Waals surface area (Å²) in [4.78, 5) is 0. The molecule has 3 N–H and O–H groups in total. The molecule has 0 amide bonds. The maximum absolute atomic E-state index is 13.2. The van der Waals surface area contributed by atoms with Gasteiger partial charge in [0.2, 0.25) is 0 Å². The molecular formula is C13H18ClF4NO. The van der Waals surface area contributed by atoms with Gasteiger partial charge in [0.15, 0.2) is 0 Å². The van der Waals surface area contributed by atoms with E-state index in [2.05, 4.69) is 0 Å². The van der Waals surface area contributed by atoms with Crippen LogP contribution in [0.3, 0.4) is 0 Å². The number of benzene rings is 1. The van der Waals surface area contributed by atoms with E-state index >= 15 is 0 Å². The first-order chi connectivity index (χ1) is 8.44. The zero-order chi connectivity index (χ0) is 15.0. The molecule has 0 saturated carbocycles. The lowest BCUT2D eigenvalue weighted by Crippen LogP contribution is -2.38. The van der Waals surface area contributed by atoms with Gasteiger partial charge in [-0.15, -0.1) is 12.4 Å². The van der Waals surface area contributed by atoms with Gasteiger partial charge in [0.05, 0.1) is 17.7 Å². The molecule has 0 fully saturated rings. The number of hydrogen-bond acceptors (Lipinski definition) is 2. The number of aliphatic hydroxyl groups is 1.